The Morgan fingerprint density at radius 3 is 2.61 bits per heavy atom. The lowest BCUT2D eigenvalue weighted by Gasteiger charge is -2.11. The van der Waals surface area contributed by atoms with Crippen molar-refractivity contribution < 1.29 is 0 Å². The van der Waals surface area contributed by atoms with Gasteiger partial charge in [0.15, 0.2) is 0 Å². The second-order valence-electron chi connectivity index (χ2n) is 4.33. The molecule has 0 amide bonds. The molecule has 2 rings (SSSR count). The highest BCUT2D eigenvalue weighted by atomic mass is 79.9. The van der Waals surface area contributed by atoms with Crippen LogP contribution in [0.4, 0.5) is 0 Å². The van der Waals surface area contributed by atoms with Crippen molar-refractivity contribution in [1.82, 2.24) is 0 Å². The lowest BCUT2D eigenvalue weighted by molar-refractivity contribution is 0.918. The second-order valence-corrected chi connectivity index (χ2v) is 6.12. The minimum Gasteiger partial charge on any atom is -0.117 e. The standard InChI is InChI=1S/C15H13BrCl2/c1-10-3-2-4-11(7-10)8-14(17)12-5-6-13(16)15(18)9-12/h2-7,9,14H,8H2,1H3. The van der Waals surface area contributed by atoms with Gasteiger partial charge in [-0.3, -0.25) is 0 Å². The first-order valence-corrected chi connectivity index (χ1v) is 7.31. The van der Waals surface area contributed by atoms with Crippen molar-refractivity contribution in [2.75, 3.05) is 0 Å². The molecule has 94 valence electrons. The Morgan fingerprint density at radius 1 is 1.17 bits per heavy atom. The van der Waals surface area contributed by atoms with Crippen LogP contribution in [-0.2, 0) is 6.42 Å². The zero-order valence-electron chi connectivity index (χ0n) is 9.96. The number of aryl methyl sites for hydroxylation is 1. The van der Waals surface area contributed by atoms with Crippen LogP contribution >= 0.6 is 39.1 Å². The molecule has 0 aromatic heterocycles. The normalized spacial score (nSPS) is 12.4. The highest BCUT2D eigenvalue weighted by molar-refractivity contribution is 9.10. The molecule has 0 aliphatic carbocycles. The predicted octanol–water partition coefficient (Wildman–Crippen LogP) is 5.93. The molecule has 0 spiro atoms. The van der Waals surface area contributed by atoms with E-state index < -0.39 is 0 Å². The second kappa shape index (κ2) is 6.10. The summed E-state index contributed by atoms with van der Waals surface area (Å²) in [4.78, 5) is 0. The van der Waals surface area contributed by atoms with Gasteiger partial charge in [-0.2, -0.15) is 0 Å². The number of hydrogen-bond acceptors (Lipinski definition) is 0. The Morgan fingerprint density at radius 2 is 1.94 bits per heavy atom. The molecule has 18 heavy (non-hydrogen) atoms. The van der Waals surface area contributed by atoms with Crippen LogP contribution < -0.4 is 0 Å². The van der Waals surface area contributed by atoms with E-state index in [1.807, 2.05) is 18.2 Å². The van der Waals surface area contributed by atoms with E-state index in [1.165, 1.54) is 11.1 Å². The average molecular weight is 344 g/mol. The largest absolute Gasteiger partial charge is 0.117 e. The van der Waals surface area contributed by atoms with Crippen LogP contribution in [-0.4, -0.2) is 0 Å². The van der Waals surface area contributed by atoms with E-state index >= 15 is 0 Å². The van der Waals surface area contributed by atoms with Crippen LogP contribution in [0.3, 0.4) is 0 Å². The van der Waals surface area contributed by atoms with Crippen LogP contribution in [0, 0.1) is 6.92 Å². The molecule has 0 fully saturated rings. The van der Waals surface area contributed by atoms with Crippen molar-refractivity contribution >= 4 is 39.1 Å². The van der Waals surface area contributed by atoms with E-state index in [0.29, 0.717) is 5.02 Å². The average Bonchev–Trinajstić information content (AvgIpc) is 2.32. The third-order valence-corrected chi connectivity index (χ3v) is 4.44. The number of hydrogen-bond donors (Lipinski definition) is 0. The van der Waals surface area contributed by atoms with Gasteiger partial charge in [-0.25, -0.2) is 0 Å². The van der Waals surface area contributed by atoms with Crippen LogP contribution in [0.1, 0.15) is 22.1 Å². The number of benzene rings is 2. The molecule has 0 N–H and O–H groups in total. The quantitative estimate of drug-likeness (QED) is 0.605. The van der Waals surface area contributed by atoms with E-state index in [9.17, 15) is 0 Å². The van der Waals surface area contributed by atoms with Gasteiger partial charge in [0.1, 0.15) is 0 Å². The molecule has 0 radical (unpaired) electrons. The molecule has 2 aromatic rings. The van der Waals surface area contributed by atoms with Crippen molar-refractivity contribution in [2.24, 2.45) is 0 Å². The summed E-state index contributed by atoms with van der Waals surface area (Å²) in [7, 11) is 0. The van der Waals surface area contributed by atoms with Crippen molar-refractivity contribution in [1.29, 1.82) is 0 Å². The summed E-state index contributed by atoms with van der Waals surface area (Å²) in [5.74, 6) is 0. The van der Waals surface area contributed by atoms with Crippen molar-refractivity contribution in [3.05, 3.63) is 68.7 Å². The molecule has 0 heterocycles. The lowest BCUT2D eigenvalue weighted by atomic mass is 10.0. The third-order valence-electron chi connectivity index (χ3n) is 2.80. The van der Waals surface area contributed by atoms with E-state index in [0.717, 1.165) is 16.5 Å². The Balaban J connectivity index is 2.16. The molecule has 0 aliphatic heterocycles. The fourth-order valence-corrected chi connectivity index (χ4v) is 2.62. The first-order valence-electron chi connectivity index (χ1n) is 5.71. The van der Waals surface area contributed by atoms with Gasteiger partial charge in [0.2, 0.25) is 0 Å². The predicted molar refractivity (Wildman–Crippen MR) is 82.6 cm³/mol. The van der Waals surface area contributed by atoms with Gasteiger partial charge in [0.25, 0.3) is 0 Å². The molecular weight excluding hydrogens is 331 g/mol. The first kappa shape index (κ1) is 13.9. The Kier molecular flexibility index (Phi) is 4.71. The monoisotopic (exact) mass is 342 g/mol. The summed E-state index contributed by atoms with van der Waals surface area (Å²) in [6, 6.07) is 14.3. The Hall–Kier alpha value is -0.500. The summed E-state index contributed by atoms with van der Waals surface area (Å²) in [5, 5.41) is 0.639. The van der Waals surface area contributed by atoms with Crippen molar-refractivity contribution in [3.63, 3.8) is 0 Å². The van der Waals surface area contributed by atoms with Gasteiger partial charge in [-0.05, 0) is 52.5 Å². The summed E-state index contributed by atoms with van der Waals surface area (Å²) in [5.41, 5.74) is 3.55. The Bertz CT molecular complexity index is 552. The molecule has 3 heteroatoms. The minimum absolute atomic E-state index is 0.0580. The van der Waals surface area contributed by atoms with Crippen LogP contribution in [0.25, 0.3) is 0 Å². The van der Waals surface area contributed by atoms with E-state index in [4.69, 9.17) is 23.2 Å². The molecule has 0 saturated heterocycles. The van der Waals surface area contributed by atoms with Gasteiger partial charge in [-0.15, -0.1) is 11.6 Å². The van der Waals surface area contributed by atoms with Crippen LogP contribution in [0.15, 0.2) is 46.9 Å². The molecule has 0 bridgehead atoms. The number of rotatable bonds is 3. The third kappa shape index (κ3) is 3.50. The smallest absolute Gasteiger partial charge is 0.0626 e. The molecule has 1 unspecified atom stereocenters. The van der Waals surface area contributed by atoms with Gasteiger partial charge in [0.05, 0.1) is 10.4 Å². The number of halogens is 3. The topological polar surface area (TPSA) is 0 Å². The summed E-state index contributed by atoms with van der Waals surface area (Å²) < 4.78 is 0.896. The van der Waals surface area contributed by atoms with Crippen LogP contribution in [0.5, 0.6) is 0 Å². The summed E-state index contributed by atoms with van der Waals surface area (Å²) in [6.45, 7) is 2.09. The molecule has 1 atom stereocenters. The molecule has 0 saturated carbocycles. The van der Waals surface area contributed by atoms with Gasteiger partial charge in [0, 0.05) is 4.47 Å². The van der Waals surface area contributed by atoms with E-state index in [1.54, 1.807) is 0 Å². The maximum atomic E-state index is 6.44. The SMILES string of the molecule is Cc1cccc(CC(Cl)c2ccc(Br)c(Cl)c2)c1. The molecular formula is C15H13BrCl2. The fraction of sp³-hybridized carbons (Fsp3) is 0.200. The van der Waals surface area contributed by atoms with Gasteiger partial charge >= 0.3 is 0 Å². The molecule has 2 aromatic carbocycles. The highest BCUT2D eigenvalue weighted by Crippen LogP contribution is 2.30. The van der Waals surface area contributed by atoms with Crippen molar-refractivity contribution in [2.45, 2.75) is 18.7 Å². The zero-order valence-corrected chi connectivity index (χ0v) is 13.1. The fourth-order valence-electron chi connectivity index (χ4n) is 1.87. The maximum absolute atomic E-state index is 6.44. The highest BCUT2D eigenvalue weighted by Gasteiger charge is 2.10. The minimum atomic E-state index is -0.0580. The molecule has 0 nitrogen and oxygen atoms in total. The van der Waals surface area contributed by atoms with E-state index in [-0.39, 0.29) is 5.38 Å². The maximum Gasteiger partial charge on any atom is 0.0626 e. The summed E-state index contributed by atoms with van der Waals surface area (Å²) >= 11 is 15.9. The van der Waals surface area contributed by atoms with E-state index in [2.05, 4.69) is 47.1 Å². The zero-order chi connectivity index (χ0) is 13.1. The van der Waals surface area contributed by atoms with Crippen molar-refractivity contribution in [3.8, 4) is 0 Å². The van der Waals surface area contributed by atoms with Gasteiger partial charge < -0.3 is 0 Å². The molecule has 0 aliphatic rings. The first-order chi connectivity index (χ1) is 8.56. The Labute approximate surface area is 126 Å². The number of alkyl halides is 1. The van der Waals surface area contributed by atoms with Gasteiger partial charge in [-0.1, -0.05) is 47.5 Å². The van der Waals surface area contributed by atoms with Crippen LogP contribution in [0.2, 0.25) is 5.02 Å². The lowest BCUT2D eigenvalue weighted by Crippen LogP contribution is -1.96. The summed E-state index contributed by atoms with van der Waals surface area (Å²) in [6.07, 6.45) is 0.807.